The normalized spacial score (nSPS) is 17.8. The predicted octanol–water partition coefficient (Wildman–Crippen LogP) is 5.18. The number of likely N-dealkylation sites (N-methyl/N-ethyl adjacent to an activating group) is 1. The Morgan fingerprint density at radius 1 is 1.07 bits per heavy atom. The van der Waals surface area contributed by atoms with Gasteiger partial charge in [-0.3, -0.25) is 4.90 Å². The van der Waals surface area contributed by atoms with Gasteiger partial charge in [-0.25, -0.2) is 14.3 Å². The molecule has 0 saturated carbocycles. The first kappa shape index (κ1) is 27.7. The van der Waals surface area contributed by atoms with E-state index in [0.717, 1.165) is 75.4 Å². The van der Waals surface area contributed by atoms with Gasteiger partial charge in [0.1, 0.15) is 12.9 Å². The first-order valence-electron chi connectivity index (χ1n) is 15.1. The molecule has 0 radical (unpaired) electrons. The Hall–Kier alpha value is -3.43. The highest BCUT2D eigenvalue weighted by atomic mass is 16.6. The van der Waals surface area contributed by atoms with Crippen molar-refractivity contribution in [2.75, 3.05) is 59.5 Å². The van der Waals surface area contributed by atoms with Gasteiger partial charge in [-0.1, -0.05) is 19.9 Å². The van der Waals surface area contributed by atoms with Gasteiger partial charge in [0.25, 0.3) is 0 Å². The molecule has 0 atom stereocenters. The molecule has 5 heterocycles. The fourth-order valence-corrected chi connectivity index (χ4v) is 6.57. The second kappa shape index (κ2) is 11.4. The largest absolute Gasteiger partial charge is 0.448 e. The van der Waals surface area contributed by atoms with Crippen LogP contribution in [-0.4, -0.2) is 99.8 Å². The standard InChI is InChI=1S/C32H43N7O2/c1-21(2)29-26-18-25(6-7-28(26)35-30(29)27-19-39-31(33-20-34-39)23(4)22(27)3)24-8-10-38(11-9-24)32(40)41-17-16-37-14-12-36(5)13-15-37/h6-7,18-21,24,35H,8-17H2,1-5H3. The molecule has 2 aliphatic rings. The third-order valence-electron chi connectivity index (χ3n) is 9.29. The van der Waals surface area contributed by atoms with Crippen molar-refractivity contribution in [1.29, 1.82) is 0 Å². The van der Waals surface area contributed by atoms with Crippen LogP contribution in [0.15, 0.2) is 30.7 Å². The number of carbonyl (C=O) groups excluding carboxylic acids is 1. The van der Waals surface area contributed by atoms with Crippen molar-refractivity contribution < 1.29 is 9.53 Å². The molecule has 218 valence electrons. The summed E-state index contributed by atoms with van der Waals surface area (Å²) in [5.41, 5.74) is 9.46. The number of hydrogen-bond acceptors (Lipinski definition) is 6. The van der Waals surface area contributed by atoms with Gasteiger partial charge in [-0.2, -0.15) is 5.10 Å². The molecule has 41 heavy (non-hydrogen) atoms. The minimum atomic E-state index is -0.166. The average Bonchev–Trinajstić information content (AvgIpc) is 3.60. The van der Waals surface area contributed by atoms with Crippen LogP contribution in [0.2, 0.25) is 0 Å². The Morgan fingerprint density at radius 3 is 2.56 bits per heavy atom. The number of piperazine rings is 1. The van der Waals surface area contributed by atoms with Crippen LogP contribution in [0.3, 0.4) is 0 Å². The van der Waals surface area contributed by atoms with Crippen LogP contribution in [0.25, 0.3) is 27.8 Å². The maximum Gasteiger partial charge on any atom is 0.409 e. The molecule has 0 aliphatic carbocycles. The quantitative estimate of drug-likeness (QED) is 0.352. The van der Waals surface area contributed by atoms with E-state index in [1.165, 1.54) is 33.3 Å². The molecule has 0 spiro atoms. The molecule has 3 aromatic heterocycles. The molecule has 6 rings (SSSR count). The van der Waals surface area contributed by atoms with Crippen molar-refractivity contribution in [3.8, 4) is 11.3 Å². The zero-order valence-electron chi connectivity index (χ0n) is 25.1. The lowest BCUT2D eigenvalue weighted by molar-refractivity contribution is 0.0731. The number of pyridine rings is 1. The summed E-state index contributed by atoms with van der Waals surface area (Å²) < 4.78 is 7.53. The van der Waals surface area contributed by atoms with Crippen LogP contribution < -0.4 is 0 Å². The Kier molecular flexibility index (Phi) is 7.74. The van der Waals surface area contributed by atoms with Crippen LogP contribution in [0.4, 0.5) is 4.79 Å². The molecule has 0 unspecified atom stereocenters. The second-order valence-electron chi connectivity index (χ2n) is 12.2. The summed E-state index contributed by atoms with van der Waals surface area (Å²) in [5.74, 6) is 0.783. The second-order valence-corrected chi connectivity index (χ2v) is 12.2. The number of likely N-dealkylation sites (tertiary alicyclic amines) is 1. The van der Waals surface area contributed by atoms with Gasteiger partial charge >= 0.3 is 6.09 Å². The number of amides is 1. The number of H-pyrrole nitrogens is 1. The lowest BCUT2D eigenvalue weighted by atomic mass is 9.87. The van der Waals surface area contributed by atoms with E-state index < -0.39 is 0 Å². The summed E-state index contributed by atoms with van der Waals surface area (Å²) in [6.45, 7) is 15.8. The smallest absolute Gasteiger partial charge is 0.409 e. The molecule has 9 nitrogen and oxygen atoms in total. The Labute approximate surface area is 242 Å². The lowest BCUT2D eigenvalue weighted by Crippen LogP contribution is -2.46. The van der Waals surface area contributed by atoms with Crippen molar-refractivity contribution >= 4 is 22.6 Å². The van der Waals surface area contributed by atoms with Crippen LogP contribution >= 0.6 is 0 Å². The van der Waals surface area contributed by atoms with Crippen LogP contribution in [-0.2, 0) is 4.74 Å². The predicted molar refractivity (Wildman–Crippen MR) is 163 cm³/mol. The van der Waals surface area contributed by atoms with E-state index in [1.807, 2.05) is 9.42 Å². The van der Waals surface area contributed by atoms with E-state index in [2.05, 4.69) is 84.0 Å². The first-order valence-corrected chi connectivity index (χ1v) is 15.1. The maximum absolute atomic E-state index is 12.7. The van der Waals surface area contributed by atoms with Gasteiger partial charge in [-0.05, 0) is 80.0 Å². The Morgan fingerprint density at radius 2 is 1.83 bits per heavy atom. The van der Waals surface area contributed by atoms with E-state index >= 15 is 0 Å². The van der Waals surface area contributed by atoms with Gasteiger partial charge in [0, 0.05) is 68.5 Å². The Bertz CT molecular complexity index is 1540. The van der Waals surface area contributed by atoms with Crippen molar-refractivity contribution in [3.05, 3.63) is 53.0 Å². The zero-order chi connectivity index (χ0) is 28.7. The third kappa shape index (κ3) is 5.45. The number of aromatic nitrogens is 4. The number of nitrogens with zero attached hydrogens (tertiary/aromatic N) is 6. The molecule has 4 aromatic rings. The molecule has 1 aromatic carbocycles. The number of ether oxygens (including phenoxy) is 1. The van der Waals surface area contributed by atoms with Crippen LogP contribution in [0.5, 0.6) is 0 Å². The molecular weight excluding hydrogens is 514 g/mol. The highest BCUT2D eigenvalue weighted by Crippen LogP contribution is 2.40. The minimum Gasteiger partial charge on any atom is -0.448 e. The van der Waals surface area contributed by atoms with Gasteiger partial charge in [0.15, 0.2) is 5.65 Å². The van der Waals surface area contributed by atoms with Crippen LogP contribution in [0, 0.1) is 13.8 Å². The van der Waals surface area contributed by atoms with Gasteiger partial charge in [0.2, 0.25) is 0 Å². The summed E-state index contributed by atoms with van der Waals surface area (Å²) in [4.78, 5) is 27.5. The third-order valence-corrected chi connectivity index (χ3v) is 9.29. The fraction of sp³-hybridized carbons (Fsp3) is 0.531. The van der Waals surface area contributed by atoms with E-state index in [9.17, 15) is 4.79 Å². The van der Waals surface area contributed by atoms with E-state index in [4.69, 9.17) is 4.74 Å². The van der Waals surface area contributed by atoms with E-state index in [0.29, 0.717) is 18.4 Å². The minimum absolute atomic E-state index is 0.166. The molecule has 0 bridgehead atoms. The molecule has 2 fully saturated rings. The summed E-state index contributed by atoms with van der Waals surface area (Å²) >= 11 is 0. The number of nitrogens with one attached hydrogen (secondary N) is 1. The summed E-state index contributed by atoms with van der Waals surface area (Å²) in [5, 5.41) is 5.71. The number of benzene rings is 1. The average molecular weight is 558 g/mol. The van der Waals surface area contributed by atoms with Crippen molar-refractivity contribution in [2.24, 2.45) is 0 Å². The fourth-order valence-electron chi connectivity index (χ4n) is 6.57. The number of rotatable bonds is 6. The van der Waals surface area contributed by atoms with Crippen molar-refractivity contribution in [1.82, 2.24) is 34.3 Å². The Balaban J connectivity index is 1.15. The molecule has 1 N–H and O–H groups in total. The zero-order valence-corrected chi connectivity index (χ0v) is 25.1. The van der Waals surface area contributed by atoms with Gasteiger partial charge in [0.05, 0.1) is 5.69 Å². The summed E-state index contributed by atoms with van der Waals surface area (Å²) in [6, 6.07) is 6.88. The topological polar surface area (TPSA) is 82.0 Å². The van der Waals surface area contributed by atoms with Gasteiger partial charge < -0.3 is 19.5 Å². The molecule has 1 amide bonds. The molecule has 2 aliphatic heterocycles. The number of fused-ring (bicyclic) bond motifs is 2. The first-order chi connectivity index (χ1) is 19.8. The summed E-state index contributed by atoms with van der Waals surface area (Å²) in [6.07, 6.45) is 5.46. The van der Waals surface area contributed by atoms with E-state index in [1.54, 1.807) is 6.33 Å². The monoisotopic (exact) mass is 557 g/mol. The van der Waals surface area contributed by atoms with Crippen LogP contribution in [0.1, 0.15) is 60.8 Å². The number of carbonyl (C=O) groups is 1. The highest BCUT2D eigenvalue weighted by molar-refractivity contribution is 5.92. The lowest BCUT2D eigenvalue weighted by Gasteiger charge is -2.33. The van der Waals surface area contributed by atoms with Gasteiger partial charge in [-0.15, -0.1) is 0 Å². The molecule has 9 heteroatoms. The SMILES string of the molecule is Cc1c(-c2[nH]c3ccc(C4CCN(C(=O)OCCN5CCN(C)CC5)CC4)cc3c2C(C)C)cn2ncnc2c1C. The summed E-state index contributed by atoms with van der Waals surface area (Å²) in [7, 11) is 2.15. The number of aromatic amines is 1. The van der Waals surface area contributed by atoms with Crippen molar-refractivity contribution in [2.45, 2.75) is 52.4 Å². The molecular formula is C32H43N7O2. The maximum atomic E-state index is 12.7. The molecule has 2 saturated heterocycles. The highest BCUT2D eigenvalue weighted by Gasteiger charge is 2.26. The number of aryl methyl sites for hydroxylation is 1. The number of hydrogen-bond donors (Lipinski definition) is 1. The van der Waals surface area contributed by atoms with Crippen molar-refractivity contribution in [3.63, 3.8) is 0 Å². The van der Waals surface area contributed by atoms with E-state index in [-0.39, 0.29) is 6.09 Å². The number of piperidine rings is 1.